The van der Waals surface area contributed by atoms with E-state index in [2.05, 4.69) is 17.2 Å². The molecular formula is C17H23N3O. The van der Waals surface area contributed by atoms with Gasteiger partial charge in [0.2, 0.25) is 0 Å². The molecular weight excluding hydrogens is 262 g/mol. The lowest BCUT2D eigenvalue weighted by atomic mass is 10.1. The fourth-order valence-electron chi connectivity index (χ4n) is 2.43. The standard InChI is InChI=1S/C17H23N3O/c1-4-11-18-16-14-10-8-7-9-13(14)15(12-19-16)17(21)20(5-2)6-3/h7-10,12H,4-6,11H2,1-3H3,(H,18,19). The smallest absolute Gasteiger partial charge is 0.256 e. The summed E-state index contributed by atoms with van der Waals surface area (Å²) in [5, 5.41) is 5.29. The second-order valence-corrected chi connectivity index (χ2v) is 4.97. The van der Waals surface area contributed by atoms with Gasteiger partial charge in [-0.15, -0.1) is 0 Å². The third-order valence-corrected chi connectivity index (χ3v) is 3.62. The number of aromatic nitrogens is 1. The number of anilines is 1. The summed E-state index contributed by atoms with van der Waals surface area (Å²) in [6, 6.07) is 7.95. The predicted octanol–water partition coefficient (Wildman–Crippen LogP) is 3.54. The topological polar surface area (TPSA) is 45.2 Å². The van der Waals surface area contributed by atoms with Gasteiger partial charge >= 0.3 is 0 Å². The van der Waals surface area contributed by atoms with Crippen molar-refractivity contribution in [3.63, 3.8) is 0 Å². The maximum absolute atomic E-state index is 12.6. The van der Waals surface area contributed by atoms with Crippen molar-refractivity contribution in [2.24, 2.45) is 0 Å². The Bertz CT molecular complexity index is 620. The first-order valence-corrected chi connectivity index (χ1v) is 7.63. The summed E-state index contributed by atoms with van der Waals surface area (Å²) < 4.78 is 0. The fourth-order valence-corrected chi connectivity index (χ4v) is 2.43. The van der Waals surface area contributed by atoms with E-state index in [4.69, 9.17) is 0 Å². The highest BCUT2D eigenvalue weighted by atomic mass is 16.2. The Morgan fingerprint density at radius 3 is 2.43 bits per heavy atom. The van der Waals surface area contributed by atoms with Crippen LogP contribution in [0.1, 0.15) is 37.6 Å². The molecule has 0 saturated heterocycles. The lowest BCUT2D eigenvalue weighted by molar-refractivity contribution is 0.0774. The Kier molecular flexibility index (Phi) is 5.14. The van der Waals surface area contributed by atoms with Gasteiger partial charge in [-0.3, -0.25) is 4.79 Å². The van der Waals surface area contributed by atoms with Crippen molar-refractivity contribution >= 4 is 22.5 Å². The van der Waals surface area contributed by atoms with E-state index in [1.807, 2.05) is 43.0 Å². The molecule has 0 aliphatic rings. The summed E-state index contributed by atoms with van der Waals surface area (Å²) in [7, 11) is 0. The fraction of sp³-hybridized carbons (Fsp3) is 0.412. The predicted molar refractivity (Wildman–Crippen MR) is 87.8 cm³/mol. The molecule has 0 bridgehead atoms. The van der Waals surface area contributed by atoms with E-state index in [1.165, 1.54) is 0 Å². The summed E-state index contributed by atoms with van der Waals surface area (Å²) >= 11 is 0. The zero-order valence-electron chi connectivity index (χ0n) is 13.0. The van der Waals surface area contributed by atoms with E-state index in [1.54, 1.807) is 6.20 Å². The molecule has 2 rings (SSSR count). The van der Waals surface area contributed by atoms with Crippen LogP contribution in [0.2, 0.25) is 0 Å². The summed E-state index contributed by atoms with van der Waals surface area (Å²) in [6.45, 7) is 8.40. The molecule has 1 amide bonds. The first kappa shape index (κ1) is 15.3. The van der Waals surface area contributed by atoms with Gasteiger partial charge in [-0.1, -0.05) is 31.2 Å². The molecule has 1 aromatic carbocycles. The van der Waals surface area contributed by atoms with Crippen LogP contribution >= 0.6 is 0 Å². The first-order valence-electron chi connectivity index (χ1n) is 7.63. The van der Waals surface area contributed by atoms with E-state index in [0.29, 0.717) is 18.7 Å². The number of carbonyl (C=O) groups excluding carboxylic acids is 1. The molecule has 1 heterocycles. The van der Waals surface area contributed by atoms with Crippen LogP contribution in [0.4, 0.5) is 5.82 Å². The van der Waals surface area contributed by atoms with Crippen molar-refractivity contribution in [3.05, 3.63) is 36.0 Å². The quantitative estimate of drug-likeness (QED) is 0.883. The highest BCUT2D eigenvalue weighted by Gasteiger charge is 2.17. The Hall–Kier alpha value is -2.10. The highest BCUT2D eigenvalue weighted by molar-refractivity contribution is 6.09. The molecule has 4 heteroatoms. The van der Waals surface area contributed by atoms with Crippen LogP contribution in [0.15, 0.2) is 30.5 Å². The summed E-state index contributed by atoms with van der Waals surface area (Å²) in [6.07, 6.45) is 2.73. The molecule has 0 fully saturated rings. The molecule has 0 aliphatic carbocycles. The van der Waals surface area contributed by atoms with Crippen LogP contribution in [0.5, 0.6) is 0 Å². The Morgan fingerprint density at radius 2 is 1.81 bits per heavy atom. The number of rotatable bonds is 6. The maximum atomic E-state index is 12.6. The van der Waals surface area contributed by atoms with Gasteiger partial charge in [-0.2, -0.15) is 0 Å². The molecule has 0 spiro atoms. The van der Waals surface area contributed by atoms with Gasteiger partial charge in [0, 0.05) is 31.2 Å². The zero-order chi connectivity index (χ0) is 15.2. The molecule has 1 N–H and O–H groups in total. The maximum Gasteiger partial charge on any atom is 0.256 e. The number of carbonyl (C=O) groups is 1. The molecule has 21 heavy (non-hydrogen) atoms. The van der Waals surface area contributed by atoms with Gasteiger partial charge in [0.15, 0.2) is 0 Å². The number of hydrogen-bond donors (Lipinski definition) is 1. The van der Waals surface area contributed by atoms with Gasteiger partial charge < -0.3 is 10.2 Å². The van der Waals surface area contributed by atoms with Crippen molar-refractivity contribution in [2.45, 2.75) is 27.2 Å². The van der Waals surface area contributed by atoms with Crippen molar-refractivity contribution < 1.29 is 4.79 Å². The third-order valence-electron chi connectivity index (χ3n) is 3.62. The van der Waals surface area contributed by atoms with E-state index < -0.39 is 0 Å². The molecule has 0 aliphatic heterocycles. The average molecular weight is 285 g/mol. The second-order valence-electron chi connectivity index (χ2n) is 4.97. The molecule has 0 unspecified atom stereocenters. The van der Waals surface area contributed by atoms with E-state index in [-0.39, 0.29) is 5.91 Å². The normalized spacial score (nSPS) is 10.6. The van der Waals surface area contributed by atoms with Crippen molar-refractivity contribution in [2.75, 3.05) is 25.0 Å². The van der Waals surface area contributed by atoms with Crippen molar-refractivity contribution in [1.82, 2.24) is 9.88 Å². The largest absolute Gasteiger partial charge is 0.370 e. The van der Waals surface area contributed by atoms with Gasteiger partial charge in [0.25, 0.3) is 5.91 Å². The van der Waals surface area contributed by atoms with Crippen LogP contribution < -0.4 is 5.32 Å². The summed E-state index contributed by atoms with van der Waals surface area (Å²) in [5.41, 5.74) is 0.677. The monoisotopic (exact) mass is 285 g/mol. The SMILES string of the molecule is CCCNc1ncc(C(=O)N(CC)CC)c2ccccc12. The Balaban J connectivity index is 2.49. The van der Waals surface area contributed by atoms with E-state index >= 15 is 0 Å². The molecule has 2 aromatic rings. The zero-order valence-corrected chi connectivity index (χ0v) is 13.0. The molecule has 0 saturated carbocycles. The van der Waals surface area contributed by atoms with Gasteiger partial charge in [-0.25, -0.2) is 4.98 Å². The minimum Gasteiger partial charge on any atom is -0.370 e. The minimum absolute atomic E-state index is 0.0470. The second kappa shape index (κ2) is 7.07. The van der Waals surface area contributed by atoms with Crippen LogP contribution in [-0.2, 0) is 0 Å². The van der Waals surface area contributed by atoms with Crippen LogP contribution in [0.3, 0.4) is 0 Å². The number of amides is 1. The van der Waals surface area contributed by atoms with Crippen molar-refractivity contribution in [1.29, 1.82) is 0 Å². The summed E-state index contributed by atoms with van der Waals surface area (Å²) in [5.74, 6) is 0.897. The molecule has 1 aromatic heterocycles. The lowest BCUT2D eigenvalue weighted by Crippen LogP contribution is -2.30. The average Bonchev–Trinajstić information content (AvgIpc) is 2.53. The molecule has 0 radical (unpaired) electrons. The van der Waals surface area contributed by atoms with Gasteiger partial charge in [0.1, 0.15) is 5.82 Å². The highest BCUT2D eigenvalue weighted by Crippen LogP contribution is 2.25. The van der Waals surface area contributed by atoms with Crippen LogP contribution in [-0.4, -0.2) is 35.4 Å². The number of hydrogen-bond acceptors (Lipinski definition) is 3. The van der Waals surface area contributed by atoms with Crippen LogP contribution in [0, 0.1) is 0 Å². The number of nitrogens with one attached hydrogen (secondary N) is 1. The third kappa shape index (κ3) is 3.15. The first-order chi connectivity index (χ1) is 10.2. The van der Waals surface area contributed by atoms with E-state index in [9.17, 15) is 4.79 Å². The number of fused-ring (bicyclic) bond motifs is 1. The van der Waals surface area contributed by atoms with Gasteiger partial charge in [-0.05, 0) is 25.7 Å². The number of nitrogens with zero attached hydrogens (tertiary/aromatic N) is 2. The summed E-state index contributed by atoms with van der Waals surface area (Å²) in [4.78, 5) is 18.9. The molecule has 112 valence electrons. The van der Waals surface area contributed by atoms with Gasteiger partial charge in [0.05, 0.1) is 5.56 Å². The number of benzene rings is 1. The number of pyridine rings is 1. The van der Waals surface area contributed by atoms with Crippen LogP contribution in [0.25, 0.3) is 10.8 Å². The molecule has 0 atom stereocenters. The Morgan fingerprint density at radius 1 is 1.14 bits per heavy atom. The Labute approximate surface area is 126 Å². The van der Waals surface area contributed by atoms with E-state index in [0.717, 1.165) is 29.6 Å². The minimum atomic E-state index is 0.0470. The van der Waals surface area contributed by atoms with Crippen molar-refractivity contribution in [3.8, 4) is 0 Å². The molecule has 4 nitrogen and oxygen atoms in total. The lowest BCUT2D eigenvalue weighted by Gasteiger charge is -2.20.